The first-order chi connectivity index (χ1) is 22.8. The Morgan fingerprint density at radius 3 is 2.51 bits per heavy atom. The van der Waals surface area contributed by atoms with Crippen LogP contribution in [0.4, 0.5) is 11.4 Å². The van der Waals surface area contributed by atoms with Crippen molar-refractivity contribution < 1.29 is 22.7 Å². The Kier molecular flexibility index (Phi) is 8.73. The Labute approximate surface area is 275 Å². The summed E-state index contributed by atoms with van der Waals surface area (Å²) in [7, 11) is -2.37. The molecule has 2 N–H and O–H groups in total. The number of carbonyl (C=O) groups excluding carboxylic acids is 1. The largest absolute Gasteiger partial charge is 0.382 e. The van der Waals surface area contributed by atoms with Crippen molar-refractivity contribution >= 4 is 50.0 Å². The van der Waals surface area contributed by atoms with Gasteiger partial charge in [0.15, 0.2) is 0 Å². The number of dihydropyridines is 1. The SMILES string of the molecule is CNC(=O)C1=CC2C(c3ccc4ncc(NCC5CCOCC5)c(N5CCOCC5)c4c3)=CN(S(=O)(=O)c3ccc(C)cc3)C2N=C1. The molecule has 4 aliphatic rings. The molecule has 0 radical (unpaired) electrons. The number of fused-ring (bicyclic) bond motifs is 2. The second-order valence-electron chi connectivity index (χ2n) is 12.4. The number of sulfonamides is 1. The highest BCUT2D eigenvalue weighted by Crippen LogP contribution is 2.44. The summed E-state index contributed by atoms with van der Waals surface area (Å²) in [6, 6.07) is 12.9. The molecule has 5 heterocycles. The summed E-state index contributed by atoms with van der Waals surface area (Å²) in [5.41, 5.74) is 5.84. The van der Waals surface area contributed by atoms with Crippen LogP contribution in [-0.2, 0) is 24.3 Å². The Hall–Kier alpha value is -4.26. The third kappa shape index (κ3) is 6.13. The van der Waals surface area contributed by atoms with Gasteiger partial charge in [0, 0.05) is 63.6 Å². The molecule has 0 saturated carbocycles. The highest BCUT2D eigenvalue weighted by atomic mass is 32.2. The van der Waals surface area contributed by atoms with Crippen molar-refractivity contribution in [2.24, 2.45) is 16.8 Å². The zero-order chi connectivity index (χ0) is 32.5. The Bertz CT molecular complexity index is 1860. The lowest BCUT2D eigenvalue weighted by atomic mass is 9.89. The summed E-state index contributed by atoms with van der Waals surface area (Å²) in [6.45, 7) is 7.09. The van der Waals surface area contributed by atoms with Crippen molar-refractivity contribution in [1.82, 2.24) is 14.6 Å². The predicted octanol–water partition coefficient (Wildman–Crippen LogP) is 3.96. The number of rotatable bonds is 8. The second-order valence-corrected chi connectivity index (χ2v) is 14.3. The van der Waals surface area contributed by atoms with Crippen molar-refractivity contribution in [2.45, 2.75) is 30.8 Å². The monoisotopic (exact) mass is 656 g/mol. The molecule has 4 aliphatic heterocycles. The van der Waals surface area contributed by atoms with Crippen molar-refractivity contribution in [2.75, 3.05) is 63.3 Å². The molecule has 1 amide bonds. The number of anilines is 2. The minimum absolute atomic E-state index is 0.188. The van der Waals surface area contributed by atoms with Crippen LogP contribution in [0.1, 0.15) is 24.0 Å². The molecule has 3 aromatic rings. The maximum Gasteiger partial charge on any atom is 0.265 e. The molecule has 2 fully saturated rings. The van der Waals surface area contributed by atoms with Gasteiger partial charge in [0.1, 0.15) is 6.17 Å². The maximum atomic E-state index is 14.0. The lowest BCUT2D eigenvalue weighted by molar-refractivity contribution is -0.116. The van der Waals surface area contributed by atoms with Gasteiger partial charge in [-0.2, -0.15) is 0 Å². The summed E-state index contributed by atoms with van der Waals surface area (Å²) in [5, 5.41) is 7.33. The number of carbonyl (C=O) groups is 1. The van der Waals surface area contributed by atoms with Crippen LogP contribution in [-0.4, -0.2) is 89.1 Å². The zero-order valence-electron chi connectivity index (χ0n) is 26.7. The molecule has 2 unspecified atom stereocenters. The fourth-order valence-electron chi connectivity index (χ4n) is 6.75. The van der Waals surface area contributed by atoms with Gasteiger partial charge in [-0.05, 0) is 61.1 Å². The van der Waals surface area contributed by atoms with E-state index in [2.05, 4.69) is 26.6 Å². The molecule has 246 valence electrons. The zero-order valence-corrected chi connectivity index (χ0v) is 27.5. The lowest BCUT2D eigenvalue weighted by Crippen LogP contribution is -2.37. The number of aromatic nitrogens is 1. The van der Waals surface area contributed by atoms with Crippen LogP contribution >= 0.6 is 0 Å². The van der Waals surface area contributed by atoms with E-state index in [1.807, 2.05) is 31.3 Å². The van der Waals surface area contributed by atoms with E-state index in [1.54, 1.807) is 37.5 Å². The number of hydrogen-bond donors (Lipinski definition) is 2. The molecule has 7 rings (SSSR count). The topological polar surface area (TPSA) is 125 Å². The number of hydrogen-bond acceptors (Lipinski definition) is 9. The van der Waals surface area contributed by atoms with Crippen molar-refractivity contribution in [1.29, 1.82) is 0 Å². The number of amides is 1. The van der Waals surface area contributed by atoms with Gasteiger partial charge >= 0.3 is 0 Å². The molecule has 12 heteroatoms. The van der Waals surface area contributed by atoms with Crippen LogP contribution in [0.5, 0.6) is 0 Å². The number of nitrogens with zero attached hydrogens (tertiary/aromatic N) is 4. The number of likely N-dealkylation sites (N-methyl/N-ethyl adjacent to an activating group) is 1. The van der Waals surface area contributed by atoms with E-state index in [0.29, 0.717) is 24.7 Å². The van der Waals surface area contributed by atoms with Gasteiger partial charge in [0.05, 0.1) is 46.8 Å². The van der Waals surface area contributed by atoms with Crippen molar-refractivity contribution in [3.05, 3.63) is 77.6 Å². The highest BCUT2D eigenvalue weighted by molar-refractivity contribution is 7.89. The number of aryl methyl sites for hydroxylation is 1. The van der Waals surface area contributed by atoms with Gasteiger partial charge in [-0.15, -0.1) is 0 Å². The van der Waals surface area contributed by atoms with E-state index >= 15 is 0 Å². The van der Waals surface area contributed by atoms with Crippen molar-refractivity contribution in [3.8, 4) is 0 Å². The summed E-state index contributed by atoms with van der Waals surface area (Å²) in [4.78, 5) is 24.7. The molecule has 47 heavy (non-hydrogen) atoms. The maximum absolute atomic E-state index is 14.0. The highest BCUT2D eigenvalue weighted by Gasteiger charge is 2.43. The van der Waals surface area contributed by atoms with Crippen LogP contribution < -0.4 is 15.5 Å². The number of ether oxygens (including phenoxy) is 2. The van der Waals surface area contributed by atoms with Gasteiger partial charge in [0.2, 0.25) is 0 Å². The molecule has 1 aromatic heterocycles. The molecule has 0 aliphatic carbocycles. The third-order valence-corrected chi connectivity index (χ3v) is 11.2. The summed E-state index contributed by atoms with van der Waals surface area (Å²) in [5.74, 6) is -0.220. The summed E-state index contributed by atoms with van der Waals surface area (Å²) >= 11 is 0. The second kappa shape index (κ2) is 13.1. The number of benzene rings is 2. The van der Waals surface area contributed by atoms with Crippen LogP contribution in [0.2, 0.25) is 0 Å². The fraction of sp³-hybridized carbons (Fsp3) is 0.400. The Morgan fingerprint density at radius 1 is 1.02 bits per heavy atom. The minimum atomic E-state index is -3.94. The minimum Gasteiger partial charge on any atom is -0.382 e. The number of pyridine rings is 1. The predicted molar refractivity (Wildman–Crippen MR) is 183 cm³/mol. The van der Waals surface area contributed by atoms with Crippen LogP contribution in [0, 0.1) is 18.8 Å². The van der Waals surface area contributed by atoms with E-state index < -0.39 is 22.1 Å². The van der Waals surface area contributed by atoms with Crippen LogP contribution in [0.15, 0.2) is 76.4 Å². The Balaban J connectivity index is 1.33. The molecular formula is C35H40N6O5S. The van der Waals surface area contributed by atoms with Crippen LogP contribution in [0.25, 0.3) is 16.5 Å². The van der Waals surface area contributed by atoms with E-state index in [0.717, 1.165) is 84.7 Å². The Morgan fingerprint density at radius 2 is 1.77 bits per heavy atom. The molecule has 2 atom stereocenters. The first kappa shape index (κ1) is 31.3. The van der Waals surface area contributed by atoms with Gasteiger partial charge in [-0.1, -0.05) is 29.8 Å². The first-order valence-corrected chi connectivity index (χ1v) is 17.6. The lowest BCUT2D eigenvalue weighted by Gasteiger charge is -2.32. The van der Waals surface area contributed by atoms with Gasteiger partial charge in [-0.3, -0.25) is 14.8 Å². The van der Waals surface area contributed by atoms with E-state index in [4.69, 9.17) is 14.5 Å². The van der Waals surface area contributed by atoms with Crippen LogP contribution in [0.3, 0.4) is 0 Å². The molecule has 2 saturated heterocycles. The number of aliphatic imine (C=N–C) groups is 1. The first-order valence-electron chi connectivity index (χ1n) is 16.2. The standard InChI is InChI=1S/C35H40N6O5S/c1-23-3-6-27(7-4-23)47(43,44)41-22-30(28-18-26(35(42)36-2)20-39-34(28)41)25-5-8-31-29(17-25)33(40-11-15-46-16-12-40)32(21-38-31)37-19-24-9-13-45-14-10-24/h3-8,17-18,20-22,24,28,34,37H,9-16,19H2,1-2H3,(H,36,42). The quantitative estimate of drug-likeness (QED) is 0.374. The van der Waals surface area contributed by atoms with E-state index in [1.165, 1.54) is 10.5 Å². The third-order valence-electron chi connectivity index (χ3n) is 9.44. The molecule has 11 nitrogen and oxygen atoms in total. The summed E-state index contributed by atoms with van der Waals surface area (Å²) < 4.78 is 40.7. The van der Waals surface area contributed by atoms with Gasteiger partial charge in [-0.25, -0.2) is 12.7 Å². The number of nitrogens with one attached hydrogen (secondary N) is 2. The normalized spacial score (nSPS) is 21.7. The summed E-state index contributed by atoms with van der Waals surface area (Å²) in [6.07, 6.45) is 8.18. The van der Waals surface area contributed by atoms with Gasteiger partial charge < -0.3 is 25.0 Å². The van der Waals surface area contributed by atoms with E-state index in [-0.39, 0.29) is 10.8 Å². The average Bonchev–Trinajstić information content (AvgIpc) is 3.51. The smallest absolute Gasteiger partial charge is 0.265 e. The molecule has 0 spiro atoms. The molecular weight excluding hydrogens is 616 g/mol. The van der Waals surface area contributed by atoms with Crippen molar-refractivity contribution in [3.63, 3.8) is 0 Å². The average molecular weight is 657 g/mol. The van der Waals surface area contributed by atoms with E-state index in [9.17, 15) is 13.2 Å². The van der Waals surface area contributed by atoms with Gasteiger partial charge in [0.25, 0.3) is 15.9 Å². The molecule has 0 bridgehead atoms. The fourth-order valence-corrected chi connectivity index (χ4v) is 8.20. The molecule has 2 aromatic carbocycles. The number of morpholine rings is 1.